The van der Waals surface area contributed by atoms with Gasteiger partial charge < -0.3 is 15.0 Å². The number of amides is 1. The number of rotatable bonds is 2. The zero-order valence-electron chi connectivity index (χ0n) is 12.3. The van der Waals surface area contributed by atoms with Gasteiger partial charge in [0.05, 0.1) is 5.69 Å². The molecule has 2 aromatic rings. The lowest BCUT2D eigenvalue weighted by Crippen LogP contribution is -2.05. The number of fused-ring (bicyclic) bond motifs is 1. The molecule has 112 valence electrons. The van der Waals surface area contributed by atoms with E-state index < -0.39 is 7.14 Å². The first kappa shape index (κ1) is 14.6. The van der Waals surface area contributed by atoms with Gasteiger partial charge in [0, 0.05) is 22.5 Å². The first-order valence-corrected chi connectivity index (χ1v) is 9.47. The van der Waals surface area contributed by atoms with Gasteiger partial charge in [-0.05, 0) is 43.2 Å². The molecule has 1 aliphatic rings. The van der Waals surface area contributed by atoms with Crippen LogP contribution in [0.25, 0.3) is 11.6 Å². The predicted molar refractivity (Wildman–Crippen MR) is 90.1 cm³/mol. The van der Waals surface area contributed by atoms with Crippen molar-refractivity contribution in [2.24, 2.45) is 0 Å². The van der Waals surface area contributed by atoms with Crippen molar-refractivity contribution in [1.29, 1.82) is 0 Å². The molecule has 0 saturated carbocycles. The van der Waals surface area contributed by atoms with Crippen LogP contribution in [0, 0.1) is 0 Å². The molecule has 1 amide bonds. The number of anilines is 1. The van der Waals surface area contributed by atoms with Crippen molar-refractivity contribution in [3.63, 3.8) is 0 Å². The Bertz CT molecular complexity index is 849. The summed E-state index contributed by atoms with van der Waals surface area (Å²) in [6, 6.07) is 12.2. The molecule has 4 nitrogen and oxygen atoms in total. The zero-order valence-corrected chi connectivity index (χ0v) is 13.2. The summed E-state index contributed by atoms with van der Waals surface area (Å²) in [5.74, 6) is -0.0950. The van der Waals surface area contributed by atoms with Crippen molar-refractivity contribution in [1.82, 2.24) is 0 Å². The summed E-state index contributed by atoms with van der Waals surface area (Å²) in [5, 5.41) is 13.0. The highest BCUT2D eigenvalue weighted by molar-refractivity contribution is 7.70. The molecule has 1 heterocycles. The molecule has 0 unspecified atom stereocenters. The van der Waals surface area contributed by atoms with Crippen molar-refractivity contribution in [2.45, 2.75) is 0 Å². The standard InChI is InChI=1S/C17H16NO3P/c1-22(2,21)13-5-3-4-11(8-13)9-15-14-7-6-12(19)10-16(14)18-17(15)20/h3-10,19H,1-2H3,(H,18,20). The van der Waals surface area contributed by atoms with Crippen molar-refractivity contribution in [2.75, 3.05) is 18.6 Å². The minimum atomic E-state index is -2.34. The van der Waals surface area contributed by atoms with Crippen LogP contribution in [0.2, 0.25) is 0 Å². The molecule has 1 aliphatic heterocycles. The van der Waals surface area contributed by atoms with E-state index in [9.17, 15) is 14.5 Å². The van der Waals surface area contributed by atoms with Crippen LogP contribution in [0.4, 0.5) is 5.69 Å². The van der Waals surface area contributed by atoms with Crippen LogP contribution < -0.4 is 10.6 Å². The van der Waals surface area contributed by atoms with Gasteiger partial charge in [-0.15, -0.1) is 0 Å². The van der Waals surface area contributed by atoms with Gasteiger partial charge in [-0.3, -0.25) is 4.79 Å². The topological polar surface area (TPSA) is 66.4 Å². The summed E-state index contributed by atoms with van der Waals surface area (Å²) in [5.41, 5.74) is 2.72. The Balaban J connectivity index is 2.07. The molecular formula is C17H16NO3P. The minimum Gasteiger partial charge on any atom is -0.508 e. The second-order valence-corrected chi connectivity index (χ2v) is 8.91. The molecule has 0 atom stereocenters. The number of phenols is 1. The molecule has 2 N–H and O–H groups in total. The van der Waals surface area contributed by atoms with Gasteiger partial charge in [0.15, 0.2) is 0 Å². The molecule has 0 saturated heterocycles. The number of hydrogen-bond donors (Lipinski definition) is 2. The highest BCUT2D eigenvalue weighted by atomic mass is 31.2. The van der Waals surface area contributed by atoms with Crippen molar-refractivity contribution in [3.05, 3.63) is 53.6 Å². The van der Waals surface area contributed by atoms with Gasteiger partial charge in [-0.25, -0.2) is 0 Å². The molecular weight excluding hydrogens is 297 g/mol. The summed E-state index contributed by atoms with van der Waals surface area (Å²) in [7, 11) is -2.34. The van der Waals surface area contributed by atoms with E-state index in [1.54, 1.807) is 31.5 Å². The molecule has 0 aliphatic carbocycles. The van der Waals surface area contributed by atoms with Crippen LogP contribution in [0.15, 0.2) is 42.5 Å². The quantitative estimate of drug-likeness (QED) is 0.661. The van der Waals surface area contributed by atoms with E-state index in [2.05, 4.69) is 5.32 Å². The largest absolute Gasteiger partial charge is 0.508 e. The number of carbonyl (C=O) groups excluding carboxylic acids is 1. The molecule has 5 heteroatoms. The van der Waals surface area contributed by atoms with Crippen molar-refractivity contribution in [3.8, 4) is 5.75 Å². The lowest BCUT2D eigenvalue weighted by atomic mass is 10.0. The second kappa shape index (κ2) is 5.15. The second-order valence-electron chi connectivity index (χ2n) is 5.69. The van der Waals surface area contributed by atoms with E-state index in [1.165, 1.54) is 6.07 Å². The first-order chi connectivity index (χ1) is 10.3. The maximum Gasteiger partial charge on any atom is 0.256 e. The molecule has 2 aromatic carbocycles. The molecule has 22 heavy (non-hydrogen) atoms. The third kappa shape index (κ3) is 2.70. The molecule has 0 spiro atoms. The van der Waals surface area contributed by atoms with E-state index in [4.69, 9.17) is 0 Å². The van der Waals surface area contributed by atoms with E-state index in [1.807, 2.05) is 24.3 Å². The van der Waals surface area contributed by atoms with Gasteiger partial charge in [0.25, 0.3) is 5.91 Å². The molecule has 0 fully saturated rings. The summed E-state index contributed by atoms with van der Waals surface area (Å²) in [6.07, 6.45) is 1.78. The Morgan fingerprint density at radius 2 is 1.91 bits per heavy atom. The van der Waals surface area contributed by atoms with Crippen LogP contribution in [-0.4, -0.2) is 24.3 Å². The highest BCUT2D eigenvalue weighted by Gasteiger charge is 2.24. The normalized spacial score (nSPS) is 15.7. The number of aromatic hydroxyl groups is 1. The number of benzene rings is 2. The summed E-state index contributed by atoms with van der Waals surface area (Å²) in [4.78, 5) is 12.1. The summed E-state index contributed by atoms with van der Waals surface area (Å²) in [6.45, 7) is 3.44. The molecule has 3 rings (SSSR count). The fourth-order valence-corrected chi connectivity index (χ4v) is 3.35. The highest BCUT2D eigenvalue weighted by Crippen LogP contribution is 2.37. The van der Waals surface area contributed by atoms with Crippen LogP contribution >= 0.6 is 7.14 Å². The van der Waals surface area contributed by atoms with Crippen LogP contribution in [0.3, 0.4) is 0 Å². The number of phenolic OH excluding ortho intramolecular Hbond substituents is 1. The van der Waals surface area contributed by atoms with E-state index in [0.29, 0.717) is 11.3 Å². The Hall–Kier alpha value is -2.32. The molecule has 0 bridgehead atoms. The Morgan fingerprint density at radius 3 is 2.64 bits per heavy atom. The maximum atomic E-state index is 12.2. The van der Waals surface area contributed by atoms with Gasteiger partial charge in [-0.1, -0.05) is 18.2 Å². The predicted octanol–water partition coefficient (Wildman–Crippen LogP) is 3.13. The lowest BCUT2D eigenvalue weighted by molar-refractivity contribution is -0.110. The Labute approximate surface area is 128 Å². The van der Waals surface area contributed by atoms with Crippen LogP contribution in [-0.2, 0) is 9.36 Å². The first-order valence-electron chi connectivity index (χ1n) is 6.87. The van der Waals surface area contributed by atoms with E-state index >= 15 is 0 Å². The lowest BCUT2D eigenvalue weighted by Gasteiger charge is -2.07. The van der Waals surface area contributed by atoms with Crippen LogP contribution in [0.5, 0.6) is 5.75 Å². The number of carbonyl (C=O) groups is 1. The number of nitrogens with one attached hydrogen (secondary N) is 1. The summed E-state index contributed by atoms with van der Waals surface area (Å²) < 4.78 is 12.2. The average Bonchev–Trinajstić information content (AvgIpc) is 2.74. The average molecular weight is 313 g/mol. The van der Waals surface area contributed by atoms with E-state index in [-0.39, 0.29) is 11.7 Å². The van der Waals surface area contributed by atoms with Gasteiger partial charge in [0.2, 0.25) is 0 Å². The van der Waals surface area contributed by atoms with E-state index in [0.717, 1.165) is 16.4 Å². The van der Waals surface area contributed by atoms with Gasteiger partial charge >= 0.3 is 0 Å². The van der Waals surface area contributed by atoms with Gasteiger partial charge in [0.1, 0.15) is 12.9 Å². The smallest absolute Gasteiger partial charge is 0.256 e. The monoisotopic (exact) mass is 313 g/mol. The Kier molecular flexibility index (Phi) is 3.42. The number of hydrogen-bond acceptors (Lipinski definition) is 3. The minimum absolute atomic E-state index is 0.111. The maximum absolute atomic E-state index is 12.2. The molecule has 0 radical (unpaired) electrons. The zero-order chi connectivity index (χ0) is 15.9. The fourth-order valence-electron chi connectivity index (χ4n) is 2.44. The van der Waals surface area contributed by atoms with Crippen molar-refractivity contribution >= 4 is 35.7 Å². The third-order valence-corrected chi connectivity index (χ3v) is 5.11. The summed E-state index contributed by atoms with van der Waals surface area (Å²) >= 11 is 0. The van der Waals surface area contributed by atoms with Crippen LogP contribution in [0.1, 0.15) is 11.1 Å². The SMILES string of the molecule is CP(C)(=O)c1cccc(C=C2C(=O)Nc3cc(O)ccc32)c1. The molecule has 0 aromatic heterocycles. The fraction of sp³-hybridized carbons (Fsp3) is 0.118. The van der Waals surface area contributed by atoms with Crippen molar-refractivity contribution < 1.29 is 14.5 Å². The Morgan fingerprint density at radius 1 is 1.14 bits per heavy atom. The third-order valence-electron chi connectivity index (χ3n) is 3.59. The van der Waals surface area contributed by atoms with Gasteiger partial charge in [-0.2, -0.15) is 0 Å².